The lowest BCUT2D eigenvalue weighted by Gasteiger charge is -2.30. The minimum absolute atomic E-state index is 0.0613. The number of amides is 1. The van der Waals surface area contributed by atoms with Crippen LogP contribution in [0.25, 0.3) is 11.3 Å². The van der Waals surface area contributed by atoms with Gasteiger partial charge < -0.3 is 15.1 Å². The molecule has 1 fully saturated rings. The minimum Gasteiger partial charge on any atom is -0.451 e. The van der Waals surface area contributed by atoms with Crippen molar-refractivity contribution in [2.75, 3.05) is 19.6 Å². The van der Waals surface area contributed by atoms with E-state index in [9.17, 15) is 4.79 Å². The van der Waals surface area contributed by atoms with Gasteiger partial charge in [0.15, 0.2) is 5.76 Å². The summed E-state index contributed by atoms with van der Waals surface area (Å²) in [5.41, 5.74) is 6.48. The number of halogens is 1. The number of piperidine rings is 1. The molecule has 0 aliphatic carbocycles. The largest absolute Gasteiger partial charge is 0.451 e. The number of hydrogen-bond donors (Lipinski definition) is 1. The van der Waals surface area contributed by atoms with Gasteiger partial charge in [0.05, 0.1) is 5.02 Å². The second-order valence-corrected chi connectivity index (χ2v) is 6.02. The number of likely N-dealkylation sites (tertiary alicyclic amines) is 1. The molecule has 1 aromatic heterocycles. The van der Waals surface area contributed by atoms with Crippen molar-refractivity contribution in [3.8, 4) is 11.3 Å². The quantitative estimate of drug-likeness (QED) is 0.943. The van der Waals surface area contributed by atoms with E-state index >= 15 is 0 Å². The van der Waals surface area contributed by atoms with Crippen LogP contribution < -0.4 is 5.73 Å². The summed E-state index contributed by atoms with van der Waals surface area (Å²) in [5.74, 6) is 1.44. The third-order valence-corrected chi connectivity index (χ3v) is 4.52. The van der Waals surface area contributed by atoms with Crippen LogP contribution in [0.2, 0.25) is 5.02 Å². The molecule has 2 aromatic rings. The van der Waals surface area contributed by atoms with Gasteiger partial charge in [-0.2, -0.15) is 0 Å². The molecule has 1 amide bonds. The van der Waals surface area contributed by atoms with Gasteiger partial charge in [0.1, 0.15) is 5.76 Å². The van der Waals surface area contributed by atoms with Crippen LogP contribution in [-0.4, -0.2) is 30.4 Å². The van der Waals surface area contributed by atoms with Crippen molar-refractivity contribution in [3.63, 3.8) is 0 Å². The van der Waals surface area contributed by atoms with Crippen LogP contribution in [0.3, 0.4) is 0 Å². The molecular weight excluding hydrogens is 300 g/mol. The summed E-state index contributed by atoms with van der Waals surface area (Å²) in [6.07, 6.45) is 1.92. The molecule has 0 spiro atoms. The lowest BCUT2D eigenvalue weighted by Crippen LogP contribution is -2.39. The predicted octanol–water partition coefficient (Wildman–Crippen LogP) is 3.41. The van der Waals surface area contributed by atoms with Gasteiger partial charge in [0, 0.05) is 18.7 Å². The summed E-state index contributed by atoms with van der Waals surface area (Å²) in [6.45, 7) is 2.17. The van der Waals surface area contributed by atoms with Crippen LogP contribution >= 0.6 is 11.6 Å². The average Bonchev–Trinajstić information content (AvgIpc) is 3.04. The molecule has 0 radical (unpaired) electrons. The maximum atomic E-state index is 12.5. The molecule has 0 saturated carbocycles. The lowest BCUT2D eigenvalue weighted by molar-refractivity contribution is 0.0662. The molecule has 0 bridgehead atoms. The fourth-order valence-electron chi connectivity index (χ4n) is 2.79. The Balaban J connectivity index is 1.74. The Morgan fingerprint density at radius 3 is 2.64 bits per heavy atom. The summed E-state index contributed by atoms with van der Waals surface area (Å²) in [5, 5.41) is 0.611. The van der Waals surface area contributed by atoms with Crippen molar-refractivity contribution < 1.29 is 9.21 Å². The number of nitrogens with two attached hydrogens (primary N) is 1. The van der Waals surface area contributed by atoms with Crippen molar-refractivity contribution in [1.82, 2.24) is 4.90 Å². The maximum absolute atomic E-state index is 12.5. The summed E-state index contributed by atoms with van der Waals surface area (Å²) < 4.78 is 5.72. The molecule has 2 heterocycles. The smallest absolute Gasteiger partial charge is 0.289 e. The zero-order valence-electron chi connectivity index (χ0n) is 12.3. The molecule has 5 heteroatoms. The lowest BCUT2D eigenvalue weighted by atomic mass is 9.97. The third-order valence-electron chi connectivity index (χ3n) is 4.19. The summed E-state index contributed by atoms with van der Waals surface area (Å²) in [4.78, 5) is 14.3. The van der Waals surface area contributed by atoms with E-state index in [4.69, 9.17) is 21.8 Å². The van der Waals surface area contributed by atoms with Crippen LogP contribution in [0.4, 0.5) is 0 Å². The number of furan rings is 1. The second-order valence-electron chi connectivity index (χ2n) is 5.62. The second kappa shape index (κ2) is 6.55. The Hall–Kier alpha value is -1.78. The number of carbonyl (C=O) groups is 1. The van der Waals surface area contributed by atoms with Crippen LogP contribution in [0.15, 0.2) is 40.8 Å². The van der Waals surface area contributed by atoms with E-state index in [1.165, 1.54) is 0 Å². The number of rotatable bonds is 3. The zero-order chi connectivity index (χ0) is 15.5. The number of hydrogen-bond acceptors (Lipinski definition) is 3. The molecule has 3 rings (SSSR count). The molecule has 4 nitrogen and oxygen atoms in total. The standard InChI is InChI=1S/C17H19ClN2O2/c18-14-4-2-1-3-13(14)15-5-6-16(22-15)17(21)20-9-7-12(11-19)8-10-20/h1-6,12H,7-11,19H2. The van der Waals surface area contributed by atoms with Gasteiger partial charge in [-0.25, -0.2) is 0 Å². The van der Waals surface area contributed by atoms with Gasteiger partial charge in [-0.1, -0.05) is 23.7 Å². The van der Waals surface area contributed by atoms with Crippen molar-refractivity contribution in [1.29, 1.82) is 0 Å². The molecule has 0 atom stereocenters. The van der Waals surface area contributed by atoms with E-state index in [1.807, 2.05) is 23.1 Å². The Kier molecular flexibility index (Phi) is 4.50. The molecule has 1 aliphatic heterocycles. The van der Waals surface area contributed by atoms with E-state index in [1.54, 1.807) is 18.2 Å². The first-order valence-electron chi connectivity index (χ1n) is 7.53. The number of carbonyl (C=O) groups excluding carboxylic acids is 1. The highest BCUT2D eigenvalue weighted by Gasteiger charge is 2.25. The fourth-order valence-corrected chi connectivity index (χ4v) is 3.02. The Morgan fingerprint density at radius 1 is 1.23 bits per heavy atom. The summed E-state index contributed by atoms with van der Waals surface area (Å²) >= 11 is 6.16. The SMILES string of the molecule is NCC1CCN(C(=O)c2ccc(-c3ccccc3Cl)o2)CC1. The molecule has 1 saturated heterocycles. The summed E-state index contributed by atoms with van der Waals surface area (Å²) in [7, 11) is 0. The highest BCUT2D eigenvalue weighted by atomic mass is 35.5. The van der Waals surface area contributed by atoms with E-state index in [-0.39, 0.29) is 5.91 Å². The van der Waals surface area contributed by atoms with Gasteiger partial charge in [0.25, 0.3) is 5.91 Å². The summed E-state index contributed by atoms with van der Waals surface area (Å²) in [6, 6.07) is 10.9. The molecule has 0 unspecified atom stereocenters. The van der Waals surface area contributed by atoms with Gasteiger partial charge in [0.2, 0.25) is 0 Å². The maximum Gasteiger partial charge on any atom is 0.289 e. The predicted molar refractivity (Wildman–Crippen MR) is 86.8 cm³/mol. The first-order chi connectivity index (χ1) is 10.7. The average molecular weight is 319 g/mol. The first-order valence-corrected chi connectivity index (χ1v) is 7.91. The van der Waals surface area contributed by atoms with Crippen molar-refractivity contribution in [3.05, 3.63) is 47.2 Å². The monoisotopic (exact) mass is 318 g/mol. The van der Waals surface area contributed by atoms with Crippen LogP contribution in [0, 0.1) is 5.92 Å². The minimum atomic E-state index is -0.0613. The highest BCUT2D eigenvalue weighted by molar-refractivity contribution is 6.33. The van der Waals surface area contributed by atoms with E-state index in [2.05, 4.69) is 0 Å². The van der Waals surface area contributed by atoms with Gasteiger partial charge in [-0.3, -0.25) is 4.79 Å². The van der Waals surface area contributed by atoms with E-state index < -0.39 is 0 Å². The first kappa shape index (κ1) is 15.1. The fraction of sp³-hybridized carbons (Fsp3) is 0.353. The van der Waals surface area contributed by atoms with E-state index in [0.717, 1.165) is 31.5 Å². The molecule has 2 N–H and O–H groups in total. The zero-order valence-corrected chi connectivity index (χ0v) is 13.1. The van der Waals surface area contributed by atoms with Gasteiger partial charge in [-0.15, -0.1) is 0 Å². The molecule has 116 valence electrons. The van der Waals surface area contributed by atoms with E-state index in [0.29, 0.717) is 29.0 Å². The number of benzene rings is 1. The normalized spacial score (nSPS) is 16.0. The van der Waals surface area contributed by atoms with Gasteiger partial charge in [-0.05, 0) is 49.6 Å². The molecule has 1 aromatic carbocycles. The Morgan fingerprint density at radius 2 is 1.95 bits per heavy atom. The van der Waals surface area contributed by atoms with Crippen molar-refractivity contribution in [2.24, 2.45) is 11.7 Å². The molecule has 22 heavy (non-hydrogen) atoms. The third kappa shape index (κ3) is 3.03. The highest BCUT2D eigenvalue weighted by Crippen LogP contribution is 2.29. The van der Waals surface area contributed by atoms with Crippen molar-refractivity contribution >= 4 is 17.5 Å². The molecule has 1 aliphatic rings. The van der Waals surface area contributed by atoms with Crippen LogP contribution in [-0.2, 0) is 0 Å². The topological polar surface area (TPSA) is 59.5 Å². The van der Waals surface area contributed by atoms with Crippen molar-refractivity contribution in [2.45, 2.75) is 12.8 Å². The molecular formula is C17H19ClN2O2. The van der Waals surface area contributed by atoms with Crippen LogP contribution in [0.1, 0.15) is 23.4 Å². The Bertz CT molecular complexity index is 660. The number of nitrogens with zero attached hydrogens (tertiary/aromatic N) is 1. The Labute approximate surface area is 134 Å². The van der Waals surface area contributed by atoms with Crippen LogP contribution in [0.5, 0.6) is 0 Å². The van der Waals surface area contributed by atoms with Gasteiger partial charge >= 0.3 is 0 Å².